The predicted molar refractivity (Wildman–Crippen MR) is 78.3 cm³/mol. The summed E-state index contributed by atoms with van der Waals surface area (Å²) in [6, 6.07) is -0.786. The number of hydrogen-bond donors (Lipinski definition) is 1. The summed E-state index contributed by atoms with van der Waals surface area (Å²) in [6.07, 6.45) is 1.68. The van der Waals surface area contributed by atoms with Crippen molar-refractivity contribution in [3.63, 3.8) is 0 Å². The molecule has 8 heteroatoms. The molecule has 2 unspecified atom stereocenters. The molecule has 2 heterocycles. The molecule has 3 atom stereocenters. The number of hydrogen-bond acceptors (Lipinski definition) is 5. The van der Waals surface area contributed by atoms with Crippen LogP contribution in [0.2, 0.25) is 0 Å². The third kappa shape index (κ3) is 2.56. The van der Waals surface area contributed by atoms with Gasteiger partial charge in [-0.1, -0.05) is 29.3 Å². The molecule has 0 radical (unpaired) electrons. The second kappa shape index (κ2) is 6.36. The Hall–Kier alpha value is -0.730. The third-order valence-electron chi connectivity index (χ3n) is 3.33. The normalized spacial score (nSPS) is 29.1. The first-order valence-electron chi connectivity index (χ1n) is 6.43. The number of ether oxygens (including phenoxy) is 1. The van der Waals surface area contributed by atoms with Gasteiger partial charge in [-0.2, -0.15) is 0 Å². The van der Waals surface area contributed by atoms with Crippen LogP contribution in [-0.4, -0.2) is 50.1 Å². The predicted octanol–water partition coefficient (Wildman–Crippen LogP) is 0.237. The van der Waals surface area contributed by atoms with E-state index >= 15 is 0 Å². The van der Waals surface area contributed by atoms with Crippen LogP contribution in [0.5, 0.6) is 0 Å². The molecule has 2 aliphatic rings. The number of halogens is 1. The second-order valence-corrected chi connectivity index (χ2v) is 6.82. The van der Waals surface area contributed by atoms with Crippen molar-refractivity contribution in [2.24, 2.45) is 5.73 Å². The molecular weight excluding hydrogens is 348 g/mol. The fraction of sp³-hybridized carbons (Fsp3) is 0.667. The Bertz CT molecular complexity index is 494. The lowest BCUT2D eigenvalue weighted by Gasteiger charge is -2.47. The van der Waals surface area contributed by atoms with Gasteiger partial charge in [0.25, 0.3) is 0 Å². The van der Waals surface area contributed by atoms with Crippen LogP contribution in [0.4, 0.5) is 0 Å². The van der Waals surface area contributed by atoms with Crippen molar-refractivity contribution < 1.29 is 18.5 Å². The zero-order valence-electron chi connectivity index (χ0n) is 11.1. The highest BCUT2D eigenvalue weighted by molar-refractivity contribution is 9.09. The first kappa shape index (κ1) is 15.7. The highest BCUT2D eigenvalue weighted by Crippen LogP contribution is 2.34. The minimum Gasteiger partial charge on any atom is -0.461 e. The van der Waals surface area contributed by atoms with Crippen LogP contribution >= 0.6 is 15.9 Å². The van der Waals surface area contributed by atoms with E-state index in [0.29, 0.717) is 17.5 Å². The molecule has 2 rings (SSSR count). The molecule has 0 aromatic carbocycles. The van der Waals surface area contributed by atoms with Gasteiger partial charge in [0, 0.05) is 5.33 Å². The van der Waals surface area contributed by atoms with Crippen molar-refractivity contribution in [1.82, 2.24) is 4.90 Å². The SMILES string of the molecule is CCCCOC(=O)C1=C(CBr)CS(=O)[C@H]2C(N)C(=O)N12. The monoisotopic (exact) mass is 364 g/mol. The molecule has 6 nitrogen and oxygen atoms in total. The first-order valence-corrected chi connectivity index (χ1v) is 8.94. The van der Waals surface area contributed by atoms with Crippen LogP contribution in [0.25, 0.3) is 0 Å². The number of carbonyl (C=O) groups excluding carboxylic acids is 2. The van der Waals surface area contributed by atoms with E-state index < -0.39 is 28.2 Å². The maximum atomic E-state index is 12.2. The Kier molecular flexibility index (Phi) is 4.98. The largest absolute Gasteiger partial charge is 0.461 e. The standard InChI is InChI=1S/C12H17BrN2O4S/c1-2-3-4-19-12(17)9-7(5-13)6-20(18)11-8(14)10(16)15(9)11/h8,11H,2-6,14H2,1H3/t8?,11-,20?/m0/s1. The molecule has 2 N–H and O–H groups in total. The Labute approximate surface area is 128 Å². The number of rotatable bonds is 5. The van der Waals surface area contributed by atoms with Crippen molar-refractivity contribution in [3.05, 3.63) is 11.3 Å². The quantitative estimate of drug-likeness (QED) is 0.326. The molecule has 0 saturated carbocycles. The number of esters is 1. The summed E-state index contributed by atoms with van der Waals surface area (Å²) in [5.41, 5.74) is 6.51. The molecule has 0 aliphatic carbocycles. The lowest BCUT2D eigenvalue weighted by atomic mass is 10.0. The highest BCUT2D eigenvalue weighted by Gasteiger charge is 2.54. The van der Waals surface area contributed by atoms with E-state index in [4.69, 9.17) is 10.5 Å². The summed E-state index contributed by atoms with van der Waals surface area (Å²) in [5, 5.41) is -0.220. The van der Waals surface area contributed by atoms with Gasteiger partial charge in [-0.15, -0.1) is 0 Å². The lowest BCUT2D eigenvalue weighted by molar-refractivity contribution is -0.151. The smallest absolute Gasteiger partial charge is 0.355 e. The molecule has 0 bridgehead atoms. The fourth-order valence-electron chi connectivity index (χ4n) is 2.22. The summed E-state index contributed by atoms with van der Waals surface area (Å²) < 4.78 is 17.2. The van der Waals surface area contributed by atoms with Crippen LogP contribution in [0, 0.1) is 0 Å². The maximum Gasteiger partial charge on any atom is 0.355 e. The van der Waals surface area contributed by atoms with Gasteiger partial charge in [0.15, 0.2) is 0 Å². The van der Waals surface area contributed by atoms with Crippen LogP contribution in [0.1, 0.15) is 19.8 Å². The average Bonchev–Trinajstić information content (AvgIpc) is 2.45. The van der Waals surface area contributed by atoms with E-state index in [0.717, 1.165) is 12.8 Å². The molecule has 0 aromatic rings. The average molecular weight is 365 g/mol. The number of alkyl halides is 1. The van der Waals surface area contributed by atoms with E-state index in [1.807, 2.05) is 6.92 Å². The summed E-state index contributed by atoms with van der Waals surface area (Å²) in [5.74, 6) is -0.662. The number of amides is 1. The summed E-state index contributed by atoms with van der Waals surface area (Å²) in [6.45, 7) is 2.31. The van der Waals surface area contributed by atoms with Gasteiger partial charge < -0.3 is 10.5 Å². The van der Waals surface area contributed by atoms with Gasteiger partial charge in [0.1, 0.15) is 17.1 Å². The lowest BCUT2D eigenvalue weighted by Crippen LogP contribution is -2.72. The number of carbonyl (C=O) groups is 2. The molecule has 1 amide bonds. The summed E-state index contributed by atoms with van der Waals surface area (Å²) in [4.78, 5) is 25.3. The number of fused-ring (bicyclic) bond motifs is 1. The fourth-order valence-corrected chi connectivity index (χ4v) is 4.59. The number of nitrogens with zero attached hydrogens (tertiary/aromatic N) is 1. The summed E-state index contributed by atoms with van der Waals surface area (Å²) in [7, 11) is -1.27. The molecule has 0 aromatic heterocycles. The van der Waals surface area contributed by atoms with Gasteiger partial charge in [-0.05, 0) is 12.0 Å². The van der Waals surface area contributed by atoms with E-state index in [2.05, 4.69) is 15.9 Å². The Morgan fingerprint density at radius 1 is 1.60 bits per heavy atom. The van der Waals surface area contributed by atoms with Crippen LogP contribution in [0.15, 0.2) is 11.3 Å². The minimum atomic E-state index is -1.27. The summed E-state index contributed by atoms with van der Waals surface area (Å²) >= 11 is 3.27. The molecule has 1 saturated heterocycles. The van der Waals surface area contributed by atoms with Crippen molar-refractivity contribution >= 4 is 38.6 Å². The number of β-lactam (4-membered cyclic amide) rings is 1. The zero-order valence-corrected chi connectivity index (χ0v) is 13.5. The van der Waals surface area contributed by atoms with Crippen LogP contribution in [-0.2, 0) is 25.1 Å². The van der Waals surface area contributed by atoms with Gasteiger partial charge in [0.05, 0.1) is 23.2 Å². The molecular formula is C12H17BrN2O4S. The van der Waals surface area contributed by atoms with Crippen LogP contribution < -0.4 is 5.73 Å². The minimum absolute atomic E-state index is 0.217. The Morgan fingerprint density at radius 2 is 2.30 bits per heavy atom. The number of nitrogens with two attached hydrogens (primary N) is 1. The van der Waals surface area contributed by atoms with Crippen molar-refractivity contribution in [2.75, 3.05) is 17.7 Å². The van der Waals surface area contributed by atoms with Gasteiger partial charge in [-0.3, -0.25) is 13.9 Å². The molecule has 1 fully saturated rings. The van der Waals surface area contributed by atoms with Crippen molar-refractivity contribution in [3.8, 4) is 0 Å². The topological polar surface area (TPSA) is 89.7 Å². The zero-order chi connectivity index (χ0) is 14.9. The van der Waals surface area contributed by atoms with E-state index in [1.54, 1.807) is 0 Å². The molecule has 2 aliphatic heterocycles. The Balaban J connectivity index is 2.24. The van der Waals surface area contributed by atoms with Crippen LogP contribution in [0.3, 0.4) is 0 Å². The molecule has 112 valence electrons. The van der Waals surface area contributed by atoms with E-state index in [9.17, 15) is 13.8 Å². The molecule has 0 spiro atoms. The molecule has 20 heavy (non-hydrogen) atoms. The van der Waals surface area contributed by atoms with Gasteiger partial charge in [-0.25, -0.2) is 4.79 Å². The highest BCUT2D eigenvalue weighted by atomic mass is 79.9. The van der Waals surface area contributed by atoms with E-state index in [-0.39, 0.29) is 17.4 Å². The van der Waals surface area contributed by atoms with Crippen molar-refractivity contribution in [2.45, 2.75) is 31.2 Å². The first-order chi connectivity index (χ1) is 9.52. The van der Waals surface area contributed by atoms with Gasteiger partial charge in [0.2, 0.25) is 5.91 Å². The van der Waals surface area contributed by atoms with E-state index in [1.165, 1.54) is 4.90 Å². The number of unbranched alkanes of at least 4 members (excludes halogenated alkanes) is 1. The van der Waals surface area contributed by atoms with Crippen molar-refractivity contribution in [1.29, 1.82) is 0 Å². The second-order valence-electron chi connectivity index (χ2n) is 4.72. The third-order valence-corrected chi connectivity index (χ3v) is 5.68. The Morgan fingerprint density at radius 3 is 2.90 bits per heavy atom. The van der Waals surface area contributed by atoms with Gasteiger partial charge >= 0.3 is 5.97 Å². The maximum absolute atomic E-state index is 12.2.